The largest absolute Gasteiger partial charge is 0.507 e. The molecule has 2 rings (SSSR count). The van der Waals surface area contributed by atoms with Gasteiger partial charge in [0.2, 0.25) is 0 Å². The van der Waals surface area contributed by atoms with E-state index in [4.69, 9.17) is 9.84 Å². The molecule has 1 aliphatic heterocycles. The van der Waals surface area contributed by atoms with Gasteiger partial charge in [-0.15, -0.1) is 0 Å². The van der Waals surface area contributed by atoms with E-state index in [-0.39, 0.29) is 16.6 Å². The van der Waals surface area contributed by atoms with Crippen LogP contribution in [0.15, 0.2) is 17.1 Å². The number of aliphatic hydroxyl groups excluding tert-OH is 4. The first kappa shape index (κ1) is 22.8. The lowest BCUT2D eigenvalue weighted by Gasteiger charge is -2.38. The number of ether oxygens (including phenoxy) is 1. The van der Waals surface area contributed by atoms with E-state index >= 15 is 0 Å². The van der Waals surface area contributed by atoms with Crippen molar-refractivity contribution in [3.63, 3.8) is 0 Å². The number of nitrogens with zero attached hydrogens (tertiary/aromatic N) is 1. The number of phenols is 1. The molecule has 0 spiro atoms. The summed E-state index contributed by atoms with van der Waals surface area (Å²) in [7, 11) is 0. The Kier molecular flexibility index (Phi) is 6.57. The topological polar surface area (TPSA) is 123 Å². The molecule has 7 nitrogen and oxygen atoms in total. The van der Waals surface area contributed by atoms with Crippen molar-refractivity contribution in [3.8, 4) is 5.75 Å². The summed E-state index contributed by atoms with van der Waals surface area (Å²) in [5, 5.41) is 50.3. The van der Waals surface area contributed by atoms with Gasteiger partial charge in [-0.2, -0.15) is 0 Å². The summed E-state index contributed by atoms with van der Waals surface area (Å²) in [5.41, 5.74) is 1.77. The van der Waals surface area contributed by atoms with Crippen molar-refractivity contribution in [1.29, 1.82) is 0 Å². The van der Waals surface area contributed by atoms with Crippen molar-refractivity contribution in [2.45, 2.75) is 83.0 Å². The predicted molar refractivity (Wildman–Crippen MR) is 107 cm³/mol. The van der Waals surface area contributed by atoms with Crippen molar-refractivity contribution < 1.29 is 30.3 Å². The van der Waals surface area contributed by atoms with E-state index < -0.39 is 37.3 Å². The smallest absolute Gasteiger partial charge is 0.180 e. The lowest BCUT2D eigenvalue weighted by atomic mass is 9.79. The quantitative estimate of drug-likeness (QED) is 0.490. The van der Waals surface area contributed by atoms with E-state index in [1.807, 2.05) is 32.9 Å². The van der Waals surface area contributed by atoms with Gasteiger partial charge in [-0.25, -0.2) is 0 Å². The van der Waals surface area contributed by atoms with E-state index in [1.54, 1.807) is 0 Å². The monoisotopic (exact) mass is 395 g/mol. The molecule has 1 saturated heterocycles. The molecule has 1 fully saturated rings. The van der Waals surface area contributed by atoms with Gasteiger partial charge in [-0.3, -0.25) is 4.99 Å². The summed E-state index contributed by atoms with van der Waals surface area (Å²) in [6, 6.07) is 2.66. The van der Waals surface area contributed by atoms with E-state index in [1.165, 1.54) is 6.21 Å². The first-order valence-electron chi connectivity index (χ1n) is 9.49. The van der Waals surface area contributed by atoms with Gasteiger partial charge < -0.3 is 30.3 Å². The zero-order chi connectivity index (χ0) is 21.4. The van der Waals surface area contributed by atoms with E-state index in [0.717, 1.165) is 11.1 Å². The van der Waals surface area contributed by atoms with Gasteiger partial charge in [-0.05, 0) is 22.5 Å². The van der Waals surface area contributed by atoms with Crippen molar-refractivity contribution in [3.05, 3.63) is 28.8 Å². The second kappa shape index (κ2) is 8.08. The first-order chi connectivity index (χ1) is 12.8. The molecular weight excluding hydrogens is 362 g/mol. The average molecular weight is 395 g/mol. The first-order valence-corrected chi connectivity index (χ1v) is 9.49. The average Bonchev–Trinajstić information content (AvgIpc) is 2.57. The van der Waals surface area contributed by atoms with E-state index in [0.29, 0.717) is 5.56 Å². The van der Waals surface area contributed by atoms with Crippen LogP contribution in [0, 0.1) is 0 Å². The number of aliphatic hydroxyl groups is 4. The number of aromatic hydroxyl groups is 1. The summed E-state index contributed by atoms with van der Waals surface area (Å²) in [6.45, 7) is 11.7. The number of benzene rings is 1. The van der Waals surface area contributed by atoms with Crippen LogP contribution in [-0.4, -0.2) is 69.0 Å². The van der Waals surface area contributed by atoms with Crippen LogP contribution in [0.25, 0.3) is 0 Å². The number of phenolic OH excluding ortho intramolecular Hbond substituents is 1. The number of hydrogen-bond acceptors (Lipinski definition) is 7. The third kappa shape index (κ3) is 4.72. The third-order valence-electron chi connectivity index (χ3n) is 5.07. The normalized spacial score (nSPS) is 29.4. The molecule has 28 heavy (non-hydrogen) atoms. The molecule has 0 radical (unpaired) electrons. The molecule has 1 aliphatic rings. The number of hydrogen-bond donors (Lipinski definition) is 5. The van der Waals surface area contributed by atoms with Crippen LogP contribution in [-0.2, 0) is 15.6 Å². The molecule has 1 heterocycles. The van der Waals surface area contributed by atoms with Crippen LogP contribution in [0.3, 0.4) is 0 Å². The van der Waals surface area contributed by atoms with Gasteiger partial charge in [0, 0.05) is 17.3 Å². The van der Waals surface area contributed by atoms with Crippen LogP contribution < -0.4 is 0 Å². The van der Waals surface area contributed by atoms with Crippen LogP contribution in [0.4, 0.5) is 0 Å². The summed E-state index contributed by atoms with van der Waals surface area (Å²) in [4.78, 5) is 4.19. The summed E-state index contributed by atoms with van der Waals surface area (Å²) < 4.78 is 5.12. The SMILES string of the molecule is CC(C)(C)c1cc(C=N[C@@H]2[C@@H](O)[C@@H](O)[C@@H](CO)O[C@H]2O)c(O)c(C(C)(C)C)c1. The molecule has 0 aromatic heterocycles. The van der Waals surface area contributed by atoms with E-state index in [2.05, 4.69) is 25.8 Å². The van der Waals surface area contributed by atoms with Crippen molar-refractivity contribution in [2.24, 2.45) is 4.99 Å². The lowest BCUT2D eigenvalue weighted by Crippen LogP contribution is -2.57. The Bertz CT molecular complexity index is 719. The van der Waals surface area contributed by atoms with Crippen LogP contribution in [0.5, 0.6) is 5.75 Å². The maximum Gasteiger partial charge on any atom is 0.180 e. The van der Waals surface area contributed by atoms with Crippen molar-refractivity contribution in [2.75, 3.05) is 6.61 Å². The Labute approximate surface area is 166 Å². The third-order valence-corrected chi connectivity index (χ3v) is 5.07. The highest BCUT2D eigenvalue weighted by atomic mass is 16.6. The lowest BCUT2D eigenvalue weighted by molar-refractivity contribution is -0.248. The van der Waals surface area contributed by atoms with Gasteiger partial charge in [0.05, 0.1) is 6.61 Å². The molecule has 0 aliphatic carbocycles. The molecule has 0 bridgehead atoms. The van der Waals surface area contributed by atoms with Gasteiger partial charge in [-0.1, -0.05) is 47.6 Å². The molecule has 0 unspecified atom stereocenters. The summed E-state index contributed by atoms with van der Waals surface area (Å²) in [5.74, 6) is 0.0822. The van der Waals surface area contributed by atoms with Gasteiger partial charge >= 0.3 is 0 Å². The fourth-order valence-corrected chi connectivity index (χ4v) is 3.17. The molecule has 0 amide bonds. The molecule has 1 aromatic carbocycles. The Morgan fingerprint density at radius 3 is 2.11 bits per heavy atom. The Balaban J connectivity index is 2.45. The molecule has 158 valence electrons. The highest BCUT2D eigenvalue weighted by Gasteiger charge is 2.43. The summed E-state index contributed by atoms with van der Waals surface area (Å²) >= 11 is 0. The maximum absolute atomic E-state index is 10.8. The maximum atomic E-state index is 10.8. The van der Waals surface area contributed by atoms with Crippen molar-refractivity contribution >= 4 is 6.21 Å². The van der Waals surface area contributed by atoms with Crippen LogP contribution in [0.2, 0.25) is 0 Å². The van der Waals surface area contributed by atoms with Gasteiger partial charge in [0.15, 0.2) is 6.29 Å². The number of rotatable bonds is 3. The Hall–Kier alpha value is -1.51. The minimum Gasteiger partial charge on any atom is -0.507 e. The zero-order valence-corrected chi connectivity index (χ0v) is 17.4. The Morgan fingerprint density at radius 1 is 1.00 bits per heavy atom. The predicted octanol–water partition coefficient (Wildman–Crippen LogP) is 1.21. The standard InChI is InChI=1S/C21H33NO6/c1-20(2,3)12-7-11(16(24)13(8-12)21(4,5)6)9-22-15-18(26)17(25)14(10-23)28-19(15)27/h7-9,14-15,17-19,23-27H,10H2,1-6H3/t14-,15-,17+,18-,19-/m1/s1. The van der Waals surface area contributed by atoms with Crippen LogP contribution >= 0.6 is 0 Å². The highest BCUT2D eigenvalue weighted by molar-refractivity contribution is 5.85. The fraction of sp³-hybridized carbons (Fsp3) is 0.667. The highest BCUT2D eigenvalue weighted by Crippen LogP contribution is 2.37. The van der Waals surface area contributed by atoms with Gasteiger partial charge in [0.25, 0.3) is 0 Å². The van der Waals surface area contributed by atoms with Crippen LogP contribution in [0.1, 0.15) is 58.2 Å². The molecular formula is C21H33NO6. The second-order valence-corrected chi connectivity index (χ2v) is 9.46. The Morgan fingerprint density at radius 2 is 1.61 bits per heavy atom. The second-order valence-electron chi connectivity index (χ2n) is 9.46. The van der Waals surface area contributed by atoms with E-state index in [9.17, 15) is 20.4 Å². The zero-order valence-electron chi connectivity index (χ0n) is 17.4. The number of aliphatic imine (C=N–C) groups is 1. The minimum atomic E-state index is -1.48. The molecule has 0 saturated carbocycles. The summed E-state index contributed by atoms with van der Waals surface area (Å²) in [6.07, 6.45) is -3.97. The van der Waals surface area contributed by atoms with Crippen molar-refractivity contribution in [1.82, 2.24) is 0 Å². The molecule has 5 N–H and O–H groups in total. The molecule has 5 atom stereocenters. The van der Waals surface area contributed by atoms with Gasteiger partial charge in [0.1, 0.15) is 30.1 Å². The fourth-order valence-electron chi connectivity index (χ4n) is 3.17. The molecule has 7 heteroatoms. The molecule has 1 aromatic rings. The minimum absolute atomic E-state index is 0.0822.